The Hall–Kier alpha value is -3.02. The molecule has 6 nitrogen and oxygen atoms in total. The van der Waals surface area contributed by atoms with Crippen molar-refractivity contribution >= 4 is 17.9 Å². The van der Waals surface area contributed by atoms with Gasteiger partial charge >= 0.3 is 12.2 Å². The van der Waals surface area contributed by atoms with Gasteiger partial charge in [0, 0.05) is 18.8 Å². The number of aryl methyl sites for hydroxylation is 1. The van der Waals surface area contributed by atoms with Crippen LogP contribution in [0.15, 0.2) is 48.5 Å². The Morgan fingerprint density at radius 2 is 1.61 bits per heavy atom. The summed E-state index contributed by atoms with van der Waals surface area (Å²) in [6.07, 6.45) is 1.07. The molecule has 0 atom stereocenters. The van der Waals surface area contributed by atoms with Crippen LogP contribution in [-0.4, -0.2) is 35.8 Å². The molecular formula is C25H32N2O4. The van der Waals surface area contributed by atoms with Crippen molar-refractivity contribution in [1.29, 1.82) is 0 Å². The van der Waals surface area contributed by atoms with E-state index in [0.29, 0.717) is 24.7 Å². The second-order valence-corrected chi connectivity index (χ2v) is 9.05. The third-order valence-electron chi connectivity index (χ3n) is 5.27. The first kappa shape index (κ1) is 22.7. The third-order valence-corrected chi connectivity index (χ3v) is 5.27. The molecule has 1 heterocycles. The molecule has 0 radical (unpaired) electrons. The molecule has 2 aromatic carbocycles. The standard InChI is InChI=1S/C25H32N2O4/c1-18-5-7-19(8-6-18)17-30-23(28)26-22-11-9-20(10-12-22)21-13-15-27(16-14-21)24(29)31-25(2,3)4/h5-12,21H,13-17H2,1-4H3,(H,26,28). The van der Waals surface area contributed by atoms with E-state index in [1.807, 2.05) is 76.2 Å². The molecule has 1 aliphatic rings. The summed E-state index contributed by atoms with van der Waals surface area (Å²) in [7, 11) is 0. The number of ether oxygens (including phenoxy) is 2. The maximum absolute atomic E-state index is 12.2. The van der Waals surface area contributed by atoms with E-state index in [0.717, 1.165) is 18.4 Å². The van der Waals surface area contributed by atoms with Crippen molar-refractivity contribution in [1.82, 2.24) is 4.90 Å². The van der Waals surface area contributed by atoms with Crippen molar-refractivity contribution in [3.63, 3.8) is 0 Å². The van der Waals surface area contributed by atoms with Crippen LogP contribution in [-0.2, 0) is 16.1 Å². The maximum atomic E-state index is 12.2. The summed E-state index contributed by atoms with van der Waals surface area (Å²) in [5.41, 5.74) is 3.56. The summed E-state index contributed by atoms with van der Waals surface area (Å²) in [6.45, 7) is 9.27. The molecular weight excluding hydrogens is 392 g/mol. The molecule has 1 aliphatic heterocycles. The second kappa shape index (κ2) is 9.86. The molecule has 0 aliphatic carbocycles. The van der Waals surface area contributed by atoms with E-state index >= 15 is 0 Å². The highest BCUT2D eigenvalue weighted by atomic mass is 16.6. The molecule has 6 heteroatoms. The Morgan fingerprint density at radius 1 is 1.00 bits per heavy atom. The molecule has 0 bridgehead atoms. The fourth-order valence-corrected chi connectivity index (χ4v) is 3.55. The van der Waals surface area contributed by atoms with E-state index in [9.17, 15) is 9.59 Å². The van der Waals surface area contributed by atoms with Crippen molar-refractivity contribution in [2.75, 3.05) is 18.4 Å². The van der Waals surface area contributed by atoms with Crippen molar-refractivity contribution in [2.45, 2.75) is 58.7 Å². The fraction of sp³-hybridized carbons (Fsp3) is 0.440. The number of likely N-dealkylation sites (tertiary alicyclic amines) is 1. The predicted octanol–water partition coefficient (Wildman–Crippen LogP) is 5.86. The maximum Gasteiger partial charge on any atom is 0.411 e. The number of anilines is 1. The van der Waals surface area contributed by atoms with E-state index in [-0.39, 0.29) is 12.7 Å². The molecule has 2 amide bonds. The monoisotopic (exact) mass is 424 g/mol. The zero-order chi connectivity index (χ0) is 22.4. The summed E-state index contributed by atoms with van der Waals surface area (Å²) >= 11 is 0. The minimum Gasteiger partial charge on any atom is -0.444 e. The topological polar surface area (TPSA) is 67.9 Å². The normalized spacial score (nSPS) is 14.8. The lowest BCUT2D eigenvalue weighted by atomic mass is 9.89. The highest BCUT2D eigenvalue weighted by molar-refractivity contribution is 5.84. The van der Waals surface area contributed by atoms with E-state index in [1.54, 1.807) is 4.90 Å². The Morgan fingerprint density at radius 3 is 2.19 bits per heavy atom. The van der Waals surface area contributed by atoms with Gasteiger partial charge in [0.25, 0.3) is 0 Å². The summed E-state index contributed by atoms with van der Waals surface area (Å²) < 4.78 is 10.7. The van der Waals surface area contributed by atoms with Crippen molar-refractivity contribution < 1.29 is 19.1 Å². The van der Waals surface area contributed by atoms with Gasteiger partial charge in [-0.05, 0) is 69.7 Å². The summed E-state index contributed by atoms with van der Waals surface area (Å²) in [5, 5.41) is 2.77. The molecule has 0 saturated carbocycles. The van der Waals surface area contributed by atoms with E-state index in [1.165, 1.54) is 11.1 Å². The summed E-state index contributed by atoms with van der Waals surface area (Å²) in [4.78, 5) is 26.0. The number of nitrogens with one attached hydrogen (secondary N) is 1. The third kappa shape index (κ3) is 7.02. The van der Waals surface area contributed by atoms with Crippen molar-refractivity contribution in [3.8, 4) is 0 Å². The quantitative estimate of drug-likeness (QED) is 0.668. The smallest absolute Gasteiger partial charge is 0.411 e. The number of hydrogen-bond acceptors (Lipinski definition) is 4. The molecule has 1 fully saturated rings. The van der Waals surface area contributed by atoms with Crippen LogP contribution in [0.1, 0.15) is 56.2 Å². The van der Waals surface area contributed by atoms with E-state index in [4.69, 9.17) is 9.47 Å². The Balaban J connectivity index is 1.45. The zero-order valence-corrected chi connectivity index (χ0v) is 18.8. The van der Waals surface area contributed by atoms with Gasteiger partial charge in [0.05, 0.1) is 0 Å². The number of piperidine rings is 1. The van der Waals surface area contributed by atoms with Crippen LogP contribution in [0.25, 0.3) is 0 Å². The van der Waals surface area contributed by atoms with Crippen LogP contribution in [0.3, 0.4) is 0 Å². The van der Waals surface area contributed by atoms with Gasteiger partial charge in [-0.3, -0.25) is 5.32 Å². The minimum atomic E-state index is -0.474. The fourth-order valence-electron chi connectivity index (χ4n) is 3.55. The number of benzene rings is 2. The summed E-state index contributed by atoms with van der Waals surface area (Å²) in [6, 6.07) is 15.7. The van der Waals surface area contributed by atoms with Crippen LogP contribution in [0.2, 0.25) is 0 Å². The van der Waals surface area contributed by atoms with Crippen molar-refractivity contribution in [3.05, 3.63) is 65.2 Å². The lowest BCUT2D eigenvalue weighted by Crippen LogP contribution is -2.41. The van der Waals surface area contributed by atoms with Gasteiger partial charge in [0.2, 0.25) is 0 Å². The SMILES string of the molecule is Cc1ccc(COC(=O)Nc2ccc(C3CCN(C(=O)OC(C)(C)C)CC3)cc2)cc1. The largest absolute Gasteiger partial charge is 0.444 e. The average Bonchev–Trinajstić information content (AvgIpc) is 2.73. The number of carbonyl (C=O) groups is 2. The molecule has 0 unspecified atom stereocenters. The van der Waals surface area contributed by atoms with Gasteiger partial charge in [0.1, 0.15) is 12.2 Å². The van der Waals surface area contributed by atoms with Gasteiger partial charge in [-0.1, -0.05) is 42.0 Å². The Labute approximate surface area is 184 Å². The van der Waals surface area contributed by atoms with Crippen LogP contribution in [0, 0.1) is 6.92 Å². The molecule has 166 valence electrons. The lowest BCUT2D eigenvalue weighted by molar-refractivity contribution is 0.0205. The van der Waals surface area contributed by atoms with Gasteiger partial charge in [-0.15, -0.1) is 0 Å². The predicted molar refractivity (Wildman–Crippen MR) is 121 cm³/mol. The number of amides is 2. The van der Waals surface area contributed by atoms with Gasteiger partial charge in [-0.2, -0.15) is 0 Å². The molecule has 0 aromatic heterocycles. The molecule has 0 spiro atoms. The molecule has 3 rings (SSSR count). The second-order valence-electron chi connectivity index (χ2n) is 9.05. The number of carbonyl (C=O) groups excluding carboxylic acids is 2. The molecule has 1 saturated heterocycles. The number of hydrogen-bond donors (Lipinski definition) is 1. The minimum absolute atomic E-state index is 0.237. The highest BCUT2D eigenvalue weighted by Crippen LogP contribution is 2.29. The first-order valence-corrected chi connectivity index (χ1v) is 10.8. The Kier molecular flexibility index (Phi) is 7.21. The van der Waals surface area contributed by atoms with Gasteiger partial charge < -0.3 is 14.4 Å². The lowest BCUT2D eigenvalue weighted by Gasteiger charge is -2.33. The average molecular weight is 425 g/mol. The number of nitrogens with zero attached hydrogens (tertiary/aromatic N) is 1. The molecule has 2 aromatic rings. The van der Waals surface area contributed by atoms with Crippen LogP contribution in [0.5, 0.6) is 0 Å². The number of rotatable bonds is 4. The highest BCUT2D eigenvalue weighted by Gasteiger charge is 2.27. The molecule has 1 N–H and O–H groups in total. The van der Waals surface area contributed by atoms with Gasteiger partial charge in [0.15, 0.2) is 0 Å². The Bertz CT molecular complexity index is 877. The zero-order valence-electron chi connectivity index (χ0n) is 18.8. The van der Waals surface area contributed by atoms with Crippen LogP contribution in [0.4, 0.5) is 15.3 Å². The van der Waals surface area contributed by atoms with Gasteiger partial charge in [-0.25, -0.2) is 9.59 Å². The van der Waals surface area contributed by atoms with E-state index in [2.05, 4.69) is 5.32 Å². The van der Waals surface area contributed by atoms with Crippen LogP contribution >= 0.6 is 0 Å². The van der Waals surface area contributed by atoms with Crippen molar-refractivity contribution in [2.24, 2.45) is 0 Å². The molecule has 31 heavy (non-hydrogen) atoms. The first-order chi connectivity index (χ1) is 14.7. The van der Waals surface area contributed by atoms with Crippen LogP contribution < -0.4 is 5.32 Å². The first-order valence-electron chi connectivity index (χ1n) is 10.8. The summed E-state index contributed by atoms with van der Waals surface area (Å²) in [5.74, 6) is 0.390. The van der Waals surface area contributed by atoms with E-state index < -0.39 is 11.7 Å².